The van der Waals surface area contributed by atoms with Crippen molar-refractivity contribution in [3.63, 3.8) is 0 Å². The van der Waals surface area contributed by atoms with Crippen LogP contribution in [-0.4, -0.2) is 21.7 Å². The van der Waals surface area contributed by atoms with Crippen LogP contribution < -0.4 is 11.2 Å². The molecule has 2 aromatic rings. The highest BCUT2D eigenvalue weighted by atomic mass is 16.2. The van der Waals surface area contributed by atoms with Gasteiger partial charge in [0.2, 0.25) is 0 Å². The van der Waals surface area contributed by atoms with Crippen LogP contribution in [0.5, 0.6) is 0 Å². The number of nitrogens with zero attached hydrogens (tertiary/aromatic N) is 3. The molecule has 0 saturated carbocycles. The Kier molecular flexibility index (Phi) is 5.78. The van der Waals surface area contributed by atoms with Crippen molar-refractivity contribution in [2.45, 2.75) is 44.9 Å². The van der Waals surface area contributed by atoms with Gasteiger partial charge >= 0.3 is 0 Å². The number of nitrogens with two attached hydrogens (primary N) is 1. The van der Waals surface area contributed by atoms with E-state index in [-0.39, 0.29) is 17.2 Å². The van der Waals surface area contributed by atoms with Crippen molar-refractivity contribution in [3.8, 4) is 6.07 Å². The van der Waals surface area contributed by atoms with Gasteiger partial charge in [0.25, 0.3) is 5.91 Å². The topological polar surface area (TPSA) is 112 Å². The standard InChI is InChI=1S/C25H25N5O2/c1-15(2)16-6-8-17(9-7-16)22-19(14-26)24(27)30(20-4-3-5-21(31)23(20)22)29-25(32)18-10-12-28-13-11-18/h6-13,15,22H,3-5,27H2,1-2H3,(H,29,32). The van der Waals surface area contributed by atoms with Crippen molar-refractivity contribution in [1.82, 2.24) is 15.4 Å². The number of nitrogens with one attached hydrogen (secondary N) is 1. The number of carbonyl (C=O) groups excluding carboxylic acids is 2. The summed E-state index contributed by atoms with van der Waals surface area (Å²) in [5.41, 5.74) is 13.1. The number of pyridine rings is 1. The predicted octanol–water partition coefficient (Wildman–Crippen LogP) is 3.65. The molecule has 0 fully saturated rings. The first-order chi connectivity index (χ1) is 15.4. The quantitative estimate of drug-likeness (QED) is 0.770. The Balaban J connectivity index is 1.79. The van der Waals surface area contributed by atoms with Crippen LogP contribution in [0.2, 0.25) is 0 Å². The maximum Gasteiger partial charge on any atom is 0.270 e. The third-order valence-corrected chi connectivity index (χ3v) is 6.01. The summed E-state index contributed by atoms with van der Waals surface area (Å²) in [5.74, 6) is -0.444. The number of hydrazine groups is 1. The molecule has 2 heterocycles. The lowest BCUT2D eigenvalue weighted by atomic mass is 9.76. The van der Waals surface area contributed by atoms with Crippen molar-refractivity contribution in [1.29, 1.82) is 5.26 Å². The number of hydrogen-bond acceptors (Lipinski definition) is 6. The van der Waals surface area contributed by atoms with E-state index < -0.39 is 11.8 Å². The zero-order valence-corrected chi connectivity index (χ0v) is 18.1. The van der Waals surface area contributed by atoms with E-state index in [1.54, 1.807) is 12.1 Å². The van der Waals surface area contributed by atoms with Crippen LogP contribution in [0.1, 0.15) is 66.4 Å². The number of hydrogen-bond donors (Lipinski definition) is 2. The molecule has 0 spiro atoms. The van der Waals surface area contributed by atoms with E-state index in [0.29, 0.717) is 42.0 Å². The van der Waals surface area contributed by atoms with E-state index in [1.807, 2.05) is 24.3 Å². The predicted molar refractivity (Wildman–Crippen MR) is 120 cm³/mol. The van der Waals surface area contributed by atoms with Crippen molar-refractivity contribution < 1.29 is 9.59 Å². The van der Waals surface area contributed by atoms with Gasteiger partial charge in [-0.15, -0.1) is 0 Å². The molecule has 4 rings (SSSR count). The summed E-state index contributed by atoms with van der Waals surface area (Å²) in [6, 6.07) is 13.3. The fourth-order valence-electron chi connectivity index (χ4n) is 4.29. The van der Waals surface area contributed by atoms with E-state index in [9.17, 15) is 14.9 Å². The van der Waals surface area contributed by atoms with Crippen molar-refractivity contribution in [3.05, 3.63) is 88.1 Å². The molecule has 7 heteroatoms. The molecule has 7 nitrogen and oxygen atoms in total. The van der Waals surface area contributed by atoms with E-state index in [0.717, 1.165) is 5.56 Å². The maximum absolute atomic E-state index is 13.1. The summed E-state index contributed by atoms with van der Waals surface area (Å²) < 4.78 is 0. The lowest BCUT2D eigenvalue weighted by Crippen LogP contribution is -2.48. The largest absolute Gasteiger partial charge is 0.383 e. The summed E-state index contributed by atoms with van der Waals surface area (Å²) in [6.07, 6.45) is 4.70. The van der Waals surface area contributed by atoms with Crippen LogP contribution in [0.15, 0.2) is 71.5 Å². The molecule has 0 radical (unpaired) electrons. The normalized spacial score (nSPS) is 18.5. The van der Waals surface area contributed by atoms with Gasteiger partial charge in [0.1, 0.15) is 5.82 Å². The molecule has 0 bridgehead atoms. The Bertz CT molecular complexity index is 1160. The number of amides is 1. The van der Waals surface area contributed by atoms with E-state index in [1.165, 1.54) is 23.0 Å². The van der Waals surface area contributed by atoms with Gasteiger partial charge < -0.3 is 5.73 Å². The van der Waals surface area contributed by atoms with Gasteiger partial charge in [-0.3, -0.25) is 20.0 Å². The molecule has 1 amide bonds. The van der Waals surface area contributed by atoms with Crippen LogP contribution in [0, 0.1) is 11.3 Å². The highest BCUT2D eigenvalue weighted by Crippen LogP contribution is 2.44. The van der Waals surface area contributed by atoms with Gasteiger partial charge in [-0.25, -0.2) is 5.01 Å². The van der Waals surface area contributed by atoms with Crippen LogP contribution in [-0.2, 0) is 4.79 Å². The Morgan fingerprint density at radius 3 is 2.50 bits per heavy atom. The van der Waals surface area contributed by atoms with Crippen LogP contribution in [0.4, 0.5) is 0 Å². The Morgan fingerprint density at radius 1 is 1.19 bits per heavy atom. The lowest BCUT2D eigenvalue weighted by Gasteiger charge is -2.39. The van der Waals surface area contributed by atoms with Crippen molar-refractivity contribution in [2.24, 2.45) is 5.73 Å². The molecule has 32 heavy (non-hydrogen) atoms. The highest BCUT2D eigenvalue weighted by Gasteiger charge is 2.40. The van der Waals surface area contributed by atoms with Gasteiger partial charge in [0, 0.05) is 35.6 Å². The molecule has 1 unspecified atom stereocenters. The van der Waals surface area contributed by atoms with Gasteiger partial charge in [0.15, 0.2) is 5.78 Å². The van der Waals surface area contributed by atoms with Gasteiger partial charge in [0.05, 0.1) is 17.6 Å². The molecule has 1 aromatic heterocycles. The first-order valence-corrected chi connectivity index (χ1v) is 10.7. The summed E-state index contributed by atoms with van der Waals surface area (Å²) >= 11 is 0. The number of nitriles is 1. The molecule has 2 aliphatic rings. The van der Waals surface area contributed by atoms with E-state index >= 15 is 0 Å². The fourth-order valence-corrected chi connectivity index (χ4v) is 4.29. The lowest BCUT2D eigenvalue weighted by molar-refractivity contribution is -0.116. The van der Waals surface area contributed by atoms with Gasteiger partial charge in [-0.05, 0) is 42.0 Å². The number of rotatable bonds is 4. The zero-order chi connectivity index (χ0) is 22.8. The van der Waals surface area contributed by atoms with E-state index in [4.69, 9.17) is 5.73 Å². The van der Waals surface area contributed by atoms with E-state index in [2.05, 4.69) is 30.3 Å². The Morgan fingerprint density at radius 2 is 1.88 bits per heavy atom. The average molecular weight is 428 g/mol. The van der Waals surface area contributed by atoms with Crippen molar-refractivity contribution >= 4 is 11.7 Å². The SMILES string of the molecule is CC(C)c1ccc(C2C(C#N)=C(N)N(NC(=O)c3ccncc3)C3=C2C(=O)CCC3)cc1. The second-order valence-corrected chi connectivity index (χ2v) is 8.31. The number of ketones is 1. The molecular weight excluding hydrogens is 402 g/mol. The third-order valence-electron chi connectivity index (χ3n) is 6.01. The van der Waals surface area contributed by atoms with Crippen LogP contribution in [0.3, 0.4) is 0 Å². The monoisotopic (exact) mass is 427 g/mol. The Labute approximate surface area is 187 Å². The average Bonchev–Trinajstić information content (AvgIpc) is 2.81. The molecule has 3 N–H and O–H groups in total. The van der Waals surface area contributed by atoms with Crippen molar-refractivity contribution in [2.75, 3.05) is 0 Å². The second kappa shape index (κ2) is 8.67. The first-order valence-electron chi connectivity index (χ1n) is 10.7. The molecule has 1 aliphatic carbocycles. The maximum atomic E-state index is 13.1. The smallest absolute Gasteiger partial charge is 0.270 e. The van der Waals surface area contributed by atoms with Gasteiger partial charge in [-0.1, -0.05) is 38.1 Å². The number of aromatic nitrogens is 1. The molecule has 1 aliphatic heterocycles. The highest BCUT2D eigenvalue weighted by molar-refractivity contribution is 6.00. The second-order valence-electron chi connectivity index (χ2n) is 8.31. The summed E-state index contributed by atoms with van der Waals surface area (Å²) in [6.45, 7) is 4.23. The first kappa shape index (κ1) is 21.3. The molecular formula is C25H25N5O2. The summed E-state index contributed by atoms with van der Waals surface area (Å²) in [7, 11) is 0. The minimum atomic E-state index is -0.543. The molecule has 0 saturated heterocycles. The minimum Gasteiger partial charge on any atom is -0.383 e. The van der Waals surface area contributed by atoms with Gasteiger partial charge in [-0.2, -0.15) is 5.26 Å². The fraction of sp³-hybridized carbons (Fsp3) is 0.280. The summed E-state index contributed by atoms with van der Waals surface area (Å²) in [5, 5.41) is 11.4. The van der Waals surface area contributed by atoms with Crippen LogP contribution in [0.25, 0.3) is 0 Å². The molecule has 1 aromatic carbocycles. The Hall–Kier alpha value is -3.92. The zero-order valence-electron chi connectivity index (χ0n) is 18.1. The van der Waals surface area contributed by atoms with Crippen LogP contribution >= 0.6 is 0 Å². The summed E-state index contributed by atoms with van der Waals surface area (Å²) in [4.78, 5) is 29.8. The third kappa shape index (κ3) is 3.76. The number of Topliss-reactive ketones (excluding diaryl/α,β-unsaturated/α-hetero) is 1. The number of allylic oxidation sites excluding steroid dienone is 3. The number of benzene rings is 1. The molecule has 162 valence electrons. The number of carbonyl (C=O) groups is 2. The molecule has 1 atom stereocenters. The minimum absolute atomic E-state index is 0.0207.